The van der Waals surface area contributed by atoms with Crippen LogP contribution in [-0.4, -0.2) is 54.3 Å². The largest absolute Gasteiger partial charge is 0.352 e. The lowest BCUT2D eigenvalue weighted by molar-refractivity contribution is -0.126. The summed E-state index contributed by atoms with van der Waals surface area (Å²) >= 11 is 0. The molecule has 0 aliphatic carbocycles. The van der Waals surface area contributed by atoms with Gasteiger partial charge in [0.25, 0.3) is 0 Å². The smallest absolute Gasteiger partial charge is 0.324 e. The summed E-state index contributed by atoms with van der Waals surface area (Å²) in [5.41, 5.74) is 2.28. The molecular formula is C18H26N4O3. The van der Waals surface area contributed by atoms with Gasteiger partial charge in [0.15, 0.2) is 0 Å². The number of urea groups is 1. The zero-order valence-electron chi connectivity index (χ0n) is 14.9. The summed E-state index contributed by atoms with van der Waals surface area (Å²) in [4.78, 5) is 38.1. The number of imide groups is 1. The predicted octanol–water partition coefficient (Wildman–Crippen LogP) is 1.09. The fourth-order valence-electron chi connectivity index (χ4n) is 2.63. The molecule has 25 heavy (non-hydrogen) atoms. The van der Waals surface area contributed by atoms with Gasteiger partial charge in [-0.3, -0.25) is 14.5 Å². The van der Waals surface area contributed by atoms with E-state index in [0.29, 0.717) is 13.0 Å². The number of carbonyl (C=O) groups excluding carboxylic acids is 3. The fraction of sp³-hybridized carbons (Fsp3) is 0.500. The molecule has 136 valence electrons. The third-order valence-electron chi connectivity index (χ3n) is 4.20. The van der Waals surface area contributed by atoms with Crippen LogP contribution in [0.15, 0.2) is 24.3 Å². The van der Waals surface area contributed by atoms with Gasteiger partial charge in [-0.15, -0.1) is 0 Å². The molecule has 0 atom stereocenters. The lowest BCUT2D eigenvalue weighted by atomic mass is 10.1. The maximum absolute atomic E-state index is 11.9. The zero-order chi connectivity index (χ0) is 18.2. The number of hydrogen-bond acceptors (Lipinski definition) is 4. The molecule has 1 saturated heterocycles. The summed E-state index contributed by atoms with van der Waals surface area (Å²) < 4.78 is 0. The van der Waals surface area contributed by atoms with Crippen LogP contribution in [0.25, 0.3) is 0 Å². The maximum atomic E-state index is 11.9. The Balaban J connectivity index is 1.72. The quantitative estimate of drug-likeness (QED) is 0.656. The number of amides is 4. The number of nitrogens with one attached hydrogen (secondary N) is 2. The average Bonchev–Trinajstić information content (AvgIpc) is 2.92. The third kappa shape index (κ3) is 5.86. The molecule has 4 amide bonds. The Morgan fingerprint density at radius 3 is 2.76 bits per heavy atom. The van der Waals surface area contributed by atoms with Crippen molar-refractivity contribution in [3.63, 3.8) is 0 Å². The predicted molar refractivity (Wildman–Crippen MR) is 94.6 cm³/mol. The van der Waals surface area contributed by atoms with Gasteiger partial charge in [0.05, 0.1) is 6.54 Å². The molecule has 1 heterocycles. The van der Waals surface area contributed by atoms with Crippen molar-refractivity contribution in [1.82, 2.24) is 20.4 Å². The number of hydrogen-bond donors (Lipinski definition) is 2. The van der Waals surface area contributed by atoms with E-state index in [1.165, 1.54) is 5.56 Å². The van der Waals surface area contributed by atoms with Gasteiger partial charge in [0.2, 0.25) is 11.8 Å². The average molecular weight is 346 g/mol. The highest BCUT2D eigenvalue weighted by Gasteiger charge is 2.27. The first-order valence-corrected chi connectivity index (χ1v) is 8.61. The van der Waals surface area contributed by atoms with Crippen LogP contribution in [0, 0.1) is 0 Å². The minimum atomic E-state index is -0.376. The first kappa shape index (κ1) is 18.9. The lowest BCUT2D eigenvalue weighted by Crippen LogP contribution is -2.32. The summed E-state index contributed by atoms with van der Waals surface area (Å²) in [5, 5.41) is 5.35. The SMILES string of the molecule is CCN(C)Cc1cccc(CNC(=O)CCCN2C(=O)CNC2=O)c1. The number of nitrogens with zero attached hydrogens (tertiary/aromatic N) is 2. The van der Waals surface area contributed by atoms with E-state index >= 15 is 0 Å². The van der Waals surface area contributed by atoms with Gasteiger partial charge in [-0.25, -0.2) is 4.79 Å². The van der Waals surface area contributed by atoms with E-state index in [-0.39, 0.29) is 37.4 Å². The molecule has 0 bridgehead atoms. The Morgan fingerprint density at radius 2 is 2.08 bits per heavy atom. The Kier molecular flexibility index (Phi) is 6.94. The molecule has 1 aliphatic rings. The number of rotatable bonds is 9. The molecule has 0 spiro atoms. The van der Waals surface area contributed by atoms with Crippen LogP contribution < -0.4 is 10.6 Å². The molecule has 2 rings (SSSR count). The van der Waals surface area contributed by atoms with Crippen LogP contribution >= 0.6 is 0 Å². The minimum Gasteiger partial charge on any atom is -0.352 e. The van der Waals surface area contributed by atoms with E-state index in [4.69, 9.17) is 0 Å². The van der Waals surface area contributed by atoms with Crippen molar-refractivity contribution in [2.75, 3.05) is 26.7 Å². The van der Waals surface area contributed by atoms with E-state index in [2.05, 4.69) is 41.6 Å². The Hall–Kier alpha value is -2.41. The second-order valence-electron chi connectivity index (χ2n) is 6.23. The van der Waals surface area contributed by atoms with Gasteiger partial charge in [-0.05, 0) is 31.1 Å². The highest BCUT2D eigenvalue weighted by Crippen LogP contribution is 2.08. The van der Waals surface area contributed by atoms with Crippen LogP contribution in [0.1, 0.15) is 30.9 Å². The van der Waals surface area contributed by atoms with E-state index in [1.807, 2.05) is 12.1 Å². The van der Waals surface area contributed by atoms with Gasteiger partial charge < -0.3 is 15.5 Å². The number of carbonyl (C=O) groups is 3. The highest BCUT2D eigenvalue weighted by molar-refractivity contribution is 6.01. The van der Waals surface area contributed by atoms with Crippen molar-refractivity contribution in [3.8, 4) is 0 Å². The van der Waals surface area contributed by atoms with Crippen molar-refractivity contribution in [3.05, 3.63) is 35.4 Å². The maximum Gasteiger partial charge on any atom is 0.324 e. The molecule has 0 saturated carbocycles. The van der Waals surface area contributed by atoms with Gasteiger partial charge in [0, 0.05) is 26.1 Å². The molecule has 1 aliphatic heterocycles. The zero-order valence-corrected chi connectivity index (χ0v) is 14.9. The van der Waals surface area contributed by atoms with E-state index < -0.39 is 0 Å². The second kappa shape index (κ2) is 9.17. The highest BCUT2D eigenvalue weighted by atomic mass is 16.2. The normalized spacial score (nSPS) is 14.1. The monoisotopic (exact) mass is 346 g/mol. The van der Waals surface area contributed by atoms with Gasteiger partial charge in [0.1, 0.15) is 0 Å². The van der Waals surface area contributed by atoms with E-state index in [1.54, 1.807) is 0 Å². The lowest BCUT2D eigenvalue weighted by Gasteiger charge is -2.15. The summed E-state index contributed by atoms with van der Waals surface area (Å²) in [6, 6.07) is 7.79. The van der Waals surface area contributed by atoms with Crippen LogP contribution in [0.2, 0.25) is 0 Å². The van der Waals surface area contributed by atoms with E-state index in [0.717, 1.165) is 23.6 Å². The molecule has 1 fully saturated rings. The van der Waals surface area contributed by atoms with Crippen molar-refractivity contribution in [2.24, 2.45) is 0 Å². The Labute approximate surface area is 148 Å². The summed E-state index contributed by atoms with van der Waals surface area (Å²) in [7, 11) is 2.07. The third-order valence-corrected chi connectivity index (χ3v) is 4.20. The molecule has 0 aromatic heterocycles. The minimum absolute atomic E-state index is 0.0502. The number of benzene rings is 1. The molecule has 7 heteroatoms. The second-order valence-corrected chi connectivity index (χ2v) is 6.23. The van der Waals surface area contributed by atoms with Crippen LogP contribution in [0.3, 0.4) is 0 Å². The van der Waals surface area contributed by atoms with Crippen LogP contribution in [0.4, 0.5) is 4.79 Å². The van der Waals surface area contributed by atoms with Gasteiger partial charge >= 0.3 is 6.03 Å². The standard InChI is InChI=1S/C18H26N4O3/c1-3-21(2)13-15-7-4-6-14(10-15)11-19-16(23)8-5-9-22-17(24)12-20-18(22)25/h4,6-7,10H,3,5,8-9,11-13H2,1-2H3,(H,19,23)(H,20,25). The molecule has 2 N–H and O–H groups in total. The molecule has 0 unspecified atom stereocenters. The Bertz CT molecular complexity index is 617. The Morgan fingerprint density at radius 1 is 1.32 bits per heavy atom. The summed E-state index contributed by atoms with van der Waals surface area (Å²) in [6.45, 7) is 4.78. The van der Waals surface area contributed by atoms with E-state index in [9.17, 15) is 14.4 Å². The molecule has 1 aromatic rings. The first-order chi connectivity index (χ1) is 12.0. The van der Waals surface area contributed by atoms with Crippen molar-refractivity contribution in [2.45, 2.75) is 32.9 Å². The topological polar surface area (TPSA) is 81.8 Å². The van der Waals surface area contributed by atoms with Crippen LogP contribution in [0.5, 0.6) is 0 Å². The summed E-state index contributed by atoms with van der Waals surface area (Å²) in [5.74, 6) is -0.317. The van der Waals surface area contributed by atoms with Crippen molar-refractivity contribution < 1.29 is 14.4 Å². The molecule has 1 aromatic carbocycles. The fourth-order valence-corrected chi connectivity index (χ4v) is 2.63. The summed E-state index contributed by atoms with van der Waals surface area (Å²) in [6.07, 6.45) is 0.752. The van der Waals surface area contributed by atoms with Gasteiger partial charge in [-0.2, -0.15) is 0 Å². The van der Waals surface area contributed by atoms with Crippen molar-refractivity contribution >= 4 is 17.8 Å². The molecule has 7 nitrogen and oxygen atoms in total. The van der Waals surface area contributed by atoms with Gasteiger partial charge in [-0.1, -0.05) is 31.2 Å². The van der Waals surface area contributed by atoms with Crippen LogP contribution in [-0.2, 0) is 22.7 Å². The first-order valence-electron chi connectivity index (χ1n) is 8.61. The molecular weight excluding hydrogens is 320 g/mol. The van der Waals surface area contributed by atoms with Crippen molar-refractivity contribution in [1.29, 1.82) is 0 Å². The molecule has 0 radical (unpaired) electrons.